The van der Waals surface area contributed by atoms with Gasteiger partial charge in [0.05, 0.1) is 26.0 Å². The van der Waals surface area contributed by atoms with Crippen LogP contribution in [0.3, 0.4) is 0 Å². The quantitative estimate of drug-likeness (QED) is 0.438. The topological polar surface area (TPSA) is 102 Å². The molecule has 0 spiro atoms. The summed E-state index contributed by atoms with van der Waals surface area (Å²) in [5, 5.41) is 5.23. The molecule has 2 N–H and O–H groups in total. The van der Waals surface area contributed by atoms with Crippen LogP contribution in [0.25, 0.3) is 0 Å². The normalized spacial score (nSPS) is 13.7. The predicted octanol–water partition coefficient (Wildman–Crippen LogP) is 3.92. The lowest BCUT2D eigenvalue weighted by Gasteiger charge is -2.26. The maximum absolute atomic E-state index is 14.3. The number of benzene rings is 2. The highest BCUT2D eigenvalue weighted by molar-refractivity contribution is 6.02. The van der Waals surface area contributed by atoms with Crippen molar-refractivity contribution in [2.45, 2.75) is 13.0 Å². The van der Waals surface area contributed by atoms with E-state index in [1.807, 2.05) is 12.1 Å². The van der Waals surface area contributed by atoms with Crippen LogP contribution in [0.5, 0.6) is 11.5 Å². The first-order valence-electron chi connectivity index (χ1n) is 11.6. The van der Waals surface area contributed by atoms with Gasteiger partial charge in [0.2, 0.25) is 5.91 Å². The minimum atomic E-state index is -0.596. The Balaban J connectivity index is 1.31. The summed E-state index contributed by atoms with van der Waals surface area (Å²) in [6.07, 6.45) is 0.224. The number of para-hydroxylation sites is 2. The Labute approximate surface area is 208 Å². The number of amides is 2. The number of methoxy groups -OCH3 is 1. The van der Waals surface area contributed by atoms with E-state index in [2.05, 4.69) is 15.5 Å². The van der Waals surface area contributed by atoms with Crippen LogP contribution < -0.4 is 20.1 Å². The van der Waals surface area contributed by atoms with Gasteiger partial charge in [-0.15, -0.1) is 0 Å². The van der Waals surface area contributed by atoms with E-state index in [9.17, 15) is 14.0 Å². The van der Waals surface area contributed by atoms with Crippen molar-refractivity contribution in [1.82, 2.24) is 4.90 Å². The summed E-state index contributed by atoms with van der Waals surface area (Å²) in [5.41, 5.74) is 0.304. The van der Waals surface area contributed by atoms with Gasteiger partial charge in [-0.3, -0.25) is 14.5 Å². The largest absolute Gasteiger partial charge is 0.493 e. The Hall–Kier alpha value is -3.89. The molecule has 0 unspecified atom stereocenters. The van der Waals surface area contributed by atoms with Gasteiger partial charge in [0.1, 0.15) is 18.2 Å². The number of ether oxygens (including phenoxy) is 3. The number of nitrogens with zero attached hydrogens (tertiary/aromatic N) is 1. The average molecular weight is 498 g/mol. The highest BCUT2D eigenvalue weighted by Crippen LogP contribution is 2.27. The molecule has 9 nitrogen and oxygen atoms in total. The molecule has 0 aliphatic carbocycles. The molecule has 0 saturated carbocycles. The molecular weight excluding hydrogens is 469 g/mol. The van der Waals surface area contributed by atoms with Crippen molar-refractivity contribution in [3.63, 3.8) is 0 Å². The lowest BCUT2D eigenvalue weighted by Crippen LogP contribution is -2.38. The molecule has 2 aromatic carbocycles. The molecule has 0 atom stereocenters. The molecule has 1 aliphatic rings. The summed E-state index contributed by atoms with van der Waals surface area (Å²) in [4.78, 5) is 27.1. The zero-order chi connectivity index (χ0) is 25.3. The van der Waals surface area contributed by atoms with Crippen LogP contribution in [0.2, 0.25) is 0 Å². The second-order valence-electron chi connectivity index (χ2n) is 8.11. The number of furan rings is 1. The number of morpholine rings is 1. The van der Waals surface area contributed by atoms with Gasteiger partial charge < -0.3 is 29.3 Å². The summed E-state index contributed by atoms with van der Waals surface area (Å²) in [6.45, 7) is 3.49. The lowest BCUT2D eigenvalue weighted by molar-refractivity contribution is -0.116. The van der Waals surface area contributed by atoms with Gasteiger partial charge in [0, 0.05) is 31.7 Å². The van der Waals surface area contributed by atoms with Gasteiger partial charge in [-0.05, 0) is 42.5 Å². The van der Waals surface area contributed by atoms with E-state index in [1.54, 1.807) is 25.3 Å². The van der Waals surface area contributed by atoms with E-state index >= 15 is 0 Å². The van der Waals surface area contributed by atoms with E-state index < -0.39 is 11.7 Å². The van der Waals surface area contributed by atoms with Crippen LogP contribution in [0.4, 0.5) is 15.8 Å². The lowest BCUT2D eigenvalue weighted by atomic mass is 10.2. The van der Waals surface area contributed by atoms with E-state index in [0.29, 0.717) is 42.7 Å². The van der Waals surface area contributed by atoms with Crippen molar-refractivity contribution < 1.29 is 32.6 Å². The first-order chi connectivity index (χ1) is 17.5. The fraction of sp³-hybridized carbons (Fsp3) is 0.308. The Bertz CT molecular complexity index is 1190. The molecule has 190 valence electrons. The molecule has 0 radical (unpaired) electrons. The van der Waals surface area contributed by atoms with Gasteiger partial charge in [0.25, 0.3) is 5.91 Å². The predicted molar refractivity (Wildman–Crippen MR) is 131 cm³/mol. The van der Waals surface area contributed by atoms with E-state index in [4.69, 9.17) is 18.6 Å². The first-order valence-corrected chi connectivity index (χ1v) is 11.6. The number of halogens is 1. The Kier molecular flexibility index (Phi) is 8.53. The summed E-state index contributed by atoms with van der Waals surface area (Å²) >= 11 is 0. The van der Waals surface area contributed by atoms with E-state index in [1.165, 1.54) is 24.3 Å². The van der Waals surface area contributed by atoms with Gasteiger partial charge in [-0.25, -0.2) is 4.39 Å². The molecular formula is C26H28FN3O6. The molecule has 0 bridgehead atoms. The van der Waals surface area contributed by atoms with Gasteiger partial charge in [0.15, 0.2) is 17.3 Å². The van der Waals surface area contributed by atoms with Crippen molar-refractivity contribution in [2.24, 2.45) is 0 Å². The van der Waals surface area contributed by atoms with Crippen molar-refractivity contribution >= 4 is 23.2 Å². The van der Waals surface area contributed by atoms with Crippen molar-refractivity contribution in [1.29, 1.82) is 0 Å². The molecule has 1 aliphatic heterocycles. The molecule has 1 fully saturated rings. The molecule has 1 aromatic heterocycles. The molecule has 36 heavy (non-hydrogen) atoms. The molecule has 3 aromatic rings. The second-order valence-corrected chi connectivity index (χ2v) is 8.11. The number of carbonyl (C=O) groups excluding carboxylic acids is 2. The SMILES string of the molecule is COc1ccccc1OCc1ccc(C(=O)Nc2ccc(F)c(NC(=O)CCN3CCOCC3)c2)o1. The maximum Gasteiger partial charge on any atom is 0.291 e. The van der Waals surface area contributed by atoms with Gasteiger partial charge >= 0.3 is 0 Å². The number of hydrogen-bond acceptors (Lipinski definition) is 7. The van der Waals surface area contributed by atoms with Crippen molar-refractivity contribution in [3.8, 4) is 11.5 Å². The molecule has 2 heterocycles. The minimum Gasteiger partial charge on any atom is -0.493 e. The third-order valence-electron chi connectivity index (χ3n) is 5.58. The van der Waals surface area contributed by atoms with Gasteiger partial charge in [-0.2, -0.15) is 0 Å². The molecule has 10 heteroatoms. The van der Waals surface area contributed by atoms with Crippen LogP contribution in [-0.4, -0.2) is 56.7 Å². The van der Waals surface area contributed by atoms with E-state index in [0.717, 1.165) is 13.1 Å². The zero-order valence-corrected chi connectivity index (χ0v) is 19.9. The highest BCUT2D eigenvalue weighted by atomic mass is 19.1. The first kappa shape index (κ1) is 25.2. The minimum absolute atomic E-state index is 0.00915. The van der Waals surface area contributed by atoms with Crippen molar-refractivity contribution in [2.75, 3.05) is 50.6 Å². The molecule has 4 rings (SSSR count). The molecule has 1 saturated heterocycles. The number of nitrogens with one attached hydrogen (secondary N) is 2. The maximum atomic E-state index is 14.3. The van der Waals surface area contributed by atoms with Crippen LogP contribution in [0, 0.1) is 5.82 Å². The van der Waals surface area contributed by atoms with Crippen LogP contribution >= 0.6 is 0 Å². The summed E-state index contributed by atoms with van der Waals surface area (Å²) in [7, 11) is 1.55. The highest BCUT2D eigenvalue weighted by Gasteiger charge is 2.16. The van der Waals surface area contributed by atoms with E-state index in [-0.39, 0.29) is 30.4 Å². The standard InChI is InChI=1S/C26H28FN3O6/c1-33-22-4-2-3-5-23(22)35-17-19-7-9-24(36-19)26(32)28-18-6-8-20(27)21(16-18)29-25(31)10-11-30-12-14-34-15-13-30/h2-9,16H,10-15,17H2,1H3,(H,28,32)(H,29,31). The number of rotatable bonds is 10. The Morgan fingerprint density at radius 2 is 1.81 bits per heavy atom. The third-order valence-corrected chi connectivity index (χ3v) is 5.58. The van der Waals surface area contributed by atoms with Gasteiger partial charge in [-0.1, -0.05) is 12.1 Å². The van der Waals surface area contributed by atoms with Crippen molar-refractivity contribution in [3.05, 3.63) is 71.9 Å². The summed E-state index contributed by atoms with van der Waals surface area (Å²) < 4.78 is 36.1. The van der Waals surface area contributed by atoms with Crippen LogP contribution in [0.1, 0.15) is 22.7 Å². The van der Waals surface area contributed by atoms with Crippen LogP contribution in [0.15, 0.2) is 59.0 Å². The van der Waals surface area contributed by atoms with Crippen LogP contribution in [-0.2, 0) is 16.1 Å². The average Bonchev–Trinajstić information content (AvgIpc) is 3.38. The summed E-state index contributed by atoms with van der Waals surface area (Å²) in [5.74, 6) is 0.216. The third kappa shape index (κ3) is 6.83. The number of hydrogen-bond donors (Lipinski definition) is 2. The smallest absolute Gasteiger partial charge is 0.291 e. The second kappa shape index (κ2) is 12.2. The Morgan fingerprint density at radius 1 is 1.03 bits per heavy atom. The fourth-order valence-corrected chi connectivity index (χ4v) is 3.65. The Morgan fingerprint density at radius 3 is 2.58 bits per heavy atom. The fourth-order valence-electron chi connectivity index (χ4n) is 3.65. The number of carbonyl (C=O) groups is 2. The zero-order valence-electron chi connectivity index (χ0n) is 19.9. The number of anilines is 2. The monoisotopic (exact) mass is 497 g/mol. The summed E-state index contributed by atoms with van der Waals surface area (Å²) in [6, 6.07) is 14.3. The molecule has 2 amide bonds.